The van der Waals surface area contributed by atoms with Crippen LogP contribution >= 0.6 is 11.6 Å². The van der Waals surface area contributed by atoms with Crippen LogP contribution in [0.1, 0.15) is 18.4 Å². The van der Waals surface area contributed by atoms with Crippen molar-refractivity contribution in [3.8, 4) is 11.8 Å². The lowest BCUT2D eigenvalue weighted by Gasteiger charge is -2.23. The maximum Gasteiger partial charge on any atom is 0.248 e. The van der Waals surface area contributed by atoms with Crippen LogP contribution in [-0.4, -0.2) is 56.3 Å². The van der Waals surface area contributed by atoms with Gasteiger partial charge in [0.2, 0.25) is 5.91 Å². The van der Waals surface area contributed by atoms with E-state index in [9.17, 15) is 14.4 Å². The van der Waals surface area contributed by atoms with E-state index >= 15 is 0 Å². The Morgan fingerprint density at radius 3 is 2.76 bits per heavy atom. The van der Waals surface area contributed by atoms with Crippen molar-refractivity contribution in [2.45, 2.75) is 12.8 Å². The van der Waals surface area contributed by atoms with Crippen molar-refractivity contribution >= 4 is 45.5 Å². The Labute approximate surface area is 219 Å². The number of nitrogens with one attached hydrogen (secondary N) is 2. The summed E-state index contributed by atoms with van der Waals surface area (Å²) in [5.41, 5.74) is 3.26. The number of anilines is 3. The van der Waals surface area contributed by atoms with Gasteiger partial charge in [0.15, 0.2) is 0 Å². The summed E-state index contributed by atoms with van der Waals surface area (Å²) < 4.78 is 24.6. The van der Waals surface area contributed by atoms with Gasteiger partial charge in [-0.3, -0.25) is 9.78 Å². The number of ether oxygens (including phenoxy) is 2. The molecule has 2 heterocycles. The average Bonchev–Trinajstić information content (AvgIpc) is 2.88. The molecular formula is C27H27ClFN5O3. The van der Waals surface area contributed by atoms with Gasteiger partial charge in [-0.15, -0.1) is 0 Å². The van der Waals surface area contributed by atoms with Crippen LogP contribution in [0.2, 0.25) is 5.02 Å². The molecule has 1 amide bonds. The van der Waals surface area contributed by atoms with Crippen molar-refractivity contribution in [2.75, 3.05) is 51.1 Å². The summed E-state index contributed by atoms with van der Waals surface area (Å²) in [4.78, 5) is 19.6. The number of hydrogen-bond donors (Lipinski definition) is 2. The fourth-order valence-corrected chi connectivity index (χ4v) is 4.19. The molecule has 2 aromatic carbocycles. The van der Waals surface area contributed by atoms with Crippen LogP contribution in [0, 0.1) is 17.1 Å². The van der Waals surface area contributed by atoms with E-state index in [0.29, 0.717) is 40.3 Å². The van der Waals surface area contributed by atoms with Crippen LogP contribution in [-0.2, 0) is 9.53 Å². The summed E-state index contributed by atoms with van der Waals surface area (Å²) in [6.45, 7) is 2.45. The van der Waals surface area contributed by atoms with E-state index < -0.39 is 5.82 Å². The predicted octanol–water partition coefficient (Wildman–Crippen LogP) is 5.26. The molecule has 0 unspecified atom stereocenters. The Bertz CT molecular complexity index is 1380. The standard InChI is InChI=1S/C27H27ClFN5O3/c1-34-7-5-17(6-8-34)11-26(35)33-24-13-20-23(14-25(24)37-10-9-36-2)31-16-18(15-30)27(20)32-19-3-4-22(29)21(28)12-19/h3-4,11-14,16H,5-10H2,1-2H3,(H,31,32)(H,33,35). The third kappa shape index (κ3) is 6.54. The number of rotatable bonds is 8. The van der Waals surface area contributed by atoms with Gasteiger partial charge in [-0.2, -0.15) is 5.26 Å². The molecular weight excluding hydrogens is 497 g/mol. The molecule has 1 saturated heterocycles. The summed E-state index contributed by atoms with van der Waals surface area (Å²) in [7, 11) is 3.63. The highest BCUT2D eigenvalue weighted by Crippen LogP contribution is 2.36. The summed E-state index contributed by atoms with van der Waals surface area (Å²) >= 11 is 5.95. The van der Waals surface area contributed by atoms with E-state index in [-0.39, 0.29) is 23.1 Å². The van der Waals surface area contributed by atoms with Gasteiger partial charge in [0, 0.05) is 49.6 Å². The average molecular weight is 524 g/mol. The number of fused-ring (bicyclic) bond motifs is 1. The van der Waals surface area contributed by atoms with Gasteiger partial charge in [0.25, 0.3) is 0 Å². The maximum atomic E-state index is 13.7. The van der Waals surface area contributed by atoms with Crippen molar-refractivity contribution in [2.24, 2.45) is 0 Å². The number of hydrogen-bond acceptors (Lipinski definition) is 7. The number of likely N-dealkylation sites (tertiary alicyclic amines) is 1. The van der Waals surface area contributed by atoms with Crippen molar-refractivity contribution < 1.29 is 18.7 Å². The minimum Gasteiger partial charge on any atom is -0.489 e. The molecule has 37 heavy (non-hydrogen) atoms. The summed E-state index contributed by atoms with van der Waals surface area (Å²) in [5, 5.41) is 16.3. The molecule has 192 valence electrons. The zero-order valence-electron chi connectivity index (χ0n) is 20.6. The number of pyridine rings is 1. The van der Waals surface area contributed by atoms with Gasteiger partial charge >= 0.3 is 0 Å². The van der Waals surface area contributed by atoms with Gasteiger partial charge in [0.05, 0.1) is 34.1 Å². The van der Waals surface area contributed by atoms with Crippen LogP contribution in [0.15, 0.2) is 48.2 Å². The molecule has 1 aliphatic heterocycles. The highest BCUT2D eigenvalue weighted by Gasteiger charge is 2.17. The highest BCUT2D eigenvalue weighted by molar-refractivity contribution is 6.31. The fourth-order valence-electron chi connectivity index (χ4n) is 4.01. The van der Waals surface area contributed by atoms with Crippen LogP contribution in [0.5, 0.6) is 5.75 Å². The zero-order valence-corrected chi connectivity index (χ0v) is 21.4. The monoisotopic (exact) mass is 523 g/mol. The van der Waals surface area contributed by atoms with E-state index in [2.05, 4.69) is 33.6 Å². The number of carbonyl (C=O) groups is 1. The minimum atomic E-state index is -0.547. The molecule has 8 nitrogen and oxygen atoms in total. The van der Waals surface area contributed by atoms with Gasteiger partial charge in [-0.25, -0.2) is 4.39 Å². The lowest BCUT2D eigenvalue weighted by atomic mass is 10.0. The fraction of sp³-hybridized carbons (Fsp3) is 0.296. The van der Waals surface area contributed by atoms with E-state index in [1.54, 1.807) is 25.3 Å². The van der Waals surface area contributed by atoms with Crippen molar-refractivity contribution in [1.82, 2.24) is 9.88 Å². The first-order valence-electron chi connectivity index (χ1n) is 11.8. The second kappa shape index (κ2) is 12.0. The van der Waals surface area contributed by atoms with Crippen LogP contribution in [0.25, 0.3) is 10.9 Å². The molecule has 1 aliphatic rings. The number of aromatic nitrogens is 1. The van der Waals surface area contributed by atoms with Gasteiger partial charge in [0.1, 0.15) is 24.2 Å². The predicted molar refractivity (Wildman–Crippen MR) is 142 cm³/mol. The SMILES string of the molecule is COCCOc1cc2ncc(C#N)c(Nc3ccc(F)c(Cl)c3)c2cc1NC(=O)C=C1CCN(C)CC1. The molecule has 0 bridgehead atoms. The molecule has 1 aromatic heterocycles. The molecule has 0 spiro atoms. The molecule has 2 N–H and O–H groups in total. The van der Waals surface area contributed by atoms with E-state index in [1.807, 2.05) is 0 Å². The highest BCUT2D eigenvalue weighted by atomic mass is 35.5. The number of carbonyl (C=O) groups excluding carboxylic acids is 1. The number of piperidine rings is 1. The third-order valence-electron chi connectivity index (χ3n) is 6.05. The van der Waals surface area contributed by atoms with Crippen molar-refractivity contribution in [3.63, 3.8) is 0 Å². The number of nitriles is 1. The largest absolute Gasteiger partial charge is 0.489 e. The molecule has 0 aliphatic carbocycles. The van der Waals surface area contributed by atoms with Crippen LogP contribution in [0.3, 0.4) is 0 Å². The molecule has 0 atom stereocenters. The Morgan fingerprint density at radius 1 is 1.27 bits per heavy atom. The Morgan fingerprint density at radius 2 is 2.05 bits per heavy atom. The minimum absolute atomic E-state index is 0.0504. The maximum absolute atomic E-state index is 13.7. The summed E-state index contributed by atoms with van der Waals surface area (Å²) in [5.74, 6) is -0.388. The smallest absolute Gasteiger partial charge is 0.248 e. The van der Waals surface area contributed by atoms with E-state index in [0.717, 1.165) is 31.5 Å². The van der Waals surface area contributed by atoms with Crippen LogP contribution < -0.4 is 15.4 Å². The zero-order chi connectivity index (χ0) is 26.4. The van der Waals surface area contributed by atoms with E-state index in [4.69, 9.17) is 21.1 Å². The molecule has 1 fully saturated rings. The topological polar surface area (TPSA) is 99.5 Å². The molecule has 10 heteroatoms. The first kappa shape index (κ1) is 26.4. The first-order valence-corrected chi connectivity index (χ1v) is 12.2. The van der Waals surface area contributed by atoms with Crippen molar-refractivity contribution in [3.05, 3.63) is 64.6 Å². The third-order valence-corrected chi connectivity index (χ3v) is 6.34. The van der Waals surface area contributed by atoms with Gasteiger partial charge in [-0.05, 0) is 44.2 Å². The van der Waals surface area contributed by atoms with Gasteiger partial charge in [-0.1, -0.05) is 17.2 Å². The summed E-state index contributed by atoms with van der Waals surface area (Å²) in [6.07, 6.45) is 4.75. The number of benzene rings is 2. The Kier molecular flexibility index (Phi) is 8.56. The van der Waals surface area contributed by atoms with Gasteiger partial charge < -0.3 is 25.0 Å². The number of nitrogens with zero attached hydrogens (tertiary/aromatic N) is 3. The summed E-state index contributed by atoms with van der Waals surface area (Å²) in [6, 6.07) is 9.74. The Balaban J connectivity index is 1.73. The first-order chi connectivity index (χ1) is 17.9. The van der Waals surface area contributed by atoms with E-state index in [1.165, 1.54) is 24.4 Å². The second-order valence-corrected chi connectivity index (χ2v) is 9.12. The Hall–Kier alpha value is -3.71. The quantitative estimate of drug-likeness (QED) is 0.307. The molecule has 3 aromatic rings. The number of halogens is 2. The van der Waals surface area contributed by atoms with Crippen molar-refractivity contribution in [1.29, 1.82) is 5.26 Å². The molecule has 0 radical (unpaired) electrons. The molecule has 4 rings (SSSR count). The lowest BCUT2D eigenvalue weighted by Crippen LogP contribution is -2.27. The molecule has 0 saturated carbocycles. The normalized spacial score (nSPS) is 13.8. The lowest BCUT2D eigenvalue weighted by molar-refractivity contribution is -0.112. The number of amides is 1. The number of methoxy groups -OCH3 is 1. The second-order valence-electron chi connectivity index (χ2n) is 8.71. The van der Waals surface area contributed by atoms with Crippen LogP contribution in [0.4, 0.5) is 21.5 Å².